The van der Waals surface area contributed by atoms with E-state index in [1.165, 1.54) is 0 Å². The van der Waals surface area contributed by atoms with Gasteiger partial charge in [-0.3, -0.25) is 0 Å². The van der Waals surface area contributed by atoms with Gasteiger partial charge < -0.3 is 19.7 Å². The summed E-state index contributed by atoms with van der Waals surface area (Å²) in [6, 6.07) is 4.94. The molecule has 1 N–H and O–H groups in total. The maximum absolute atomic E-state index is 12.3. The molecule has 1 saturated heterocycles. The normalized spacial score (nSPS) is 22.5. The van der Waals surface area contributed by atoms with E-state index in [-0.39, 0.29) is 18.2 Å². The summed E-state index contributed by atoms with van der Waals surface area (Å²) in [5.74, 6) is 0.581. The predicted octanol–water partition coefficient (Wildman–Crippen LogP) is 2.99. The van der Waals surface area contributed by atoms with Crippen LogP contribution in [0.5, 0.6) is 5.75 Å². The van der Waals surface area contributed by atoms with Crippen LogP contribution >= 0.6 is 11.6 Å². The molecule has 0 radical (unpaired) electrons. The largest absolute Gasteiger partial charge is 0.495 e. The van der Waals surface area contributed by atoms with E-state index in [4.69, 9.17) is 21.1 Å². The van der Waals surface area contributed by atoms with Crippen molar-refractivity contribution < 1.29 is 14.3 Å². The maximum Gasteiger partial charge on any atom is 0.322 e. The second kappa shape index (κ2) is 6.33. The van der Waals surface area contributed by atoms with Crippen LogP contribution in [-0.2, 0) is 4.74 Å². The van der Waals surface area contributed by atoms with Crippen molar-refractivity contribution >= 4 is 23.3 Å². The highest BCUT2D eigenvalue weighted by Crippen LogP contribution is 2.28. The maximum atomic E-state index is 12.3. The Morgan fingerprint density at radius 3 is 2.65 bits per heavy atom. The molecule has 2 rings (SSSR count). The van der Waals surface area contributed by atoms with Crippen LogP contribution in [0.15, 0.2) is 18.2 Å². The molecular weight excluding hydrogens is 280 g/mol. The second-order valence-electron chi connectivity index (χ2n) is 4.94. The third kappa shape index (κ3) is 3.55. The number of urea groups is 1. The van der Waals surface area contributed by atoms with Gasteiger partial charge in [0.05, 0.1) is 25.0 Å². The average Bonchev–Trinajstić information content (AvgIpc) is 2.37. The molecule has 20 heavy (non-hydrogen) atoms. The minimum Gasteiger partial charge on any atom is -0.495 e. The van der Waals surface area contributed by atoms with Gasteiger partial charge in [0.1, 0.15) is 5.75 Å². The van der Waals surface area contributed by atoms with E-state index in [9.17, 15) is 4.79 Å². The highest BCUT2D eigenvalue weighted by molar-refractivity contribution is 6.31. The molecule has 0 aliphatic carbocycles. The number of methoxy groups -OCH3 is 1. The topological polar surface area (TPSA) is 50.8 Å². The molecule has 0 bridgehead atoms. The molecule has 1 heterocycles. The molecule has 2 amide bonds. The van der Waals surface area contributed by atoms with Gasteiger partial charge in [-0.05, 0) is 32.0 Å². The number of nitrogens with one attached hydrogen (secondary N) is 1. The van der Waals surface area contributed by atoms with Crippen LogP contribution in [-0.4, -0.2) is 43.3 Å². The van der Waals surface area contributed by atoms with Crippen molar-refractivity contribution in [3.05, 3.63) is 23.2 Å². The first kappa shape index (κ1) is 14.9. The molecule has 1 fully saturated rings. The van der Waals surface area contributed by atoms with E-state index in [0.717, 1.165) is 0 Å². The van der Waals surface area contributed by atoms with Crippen LogP contribution in [0, 0.1) is 0 Å². The first-order valence-corrected chi connectivity index (χ1v) is 6.92. The van der Waals surface area contributed by atoms with Gasteiger partial charge in [0.25, 0.3) is 0 Å². The van der Waals surface area contributed by atoms with Crippen LogP contribution in [0.4, 0.5) is 10.5 Å². The number of benzene rings is 1. The Bertz CT molecular complexity index is 485. The molecular formula is C14H19ClN2O3. The number of hydrogen-bond donors (Lipinski definition) is 1. The van der Waals surface area contributed by atoms with Crippen LogP contribution in [0.25, 0.3) is 0 Å². The molecule has 1 aromatic carbocycles. The van der Waals surface area contributed by atoms with Gasteiger partial charge >= 0.3 is 6.03 Å². The zero-order chi connectivity index (χ0) is 14.7. The lowest BCUT2D eigenvalue weighted by molar-refractivity contribution is -0.0530. The van der Waals surface area contributed by atoms with Gasteiger partial charge in [0.2, 0.25) is 0 Å². The Labute approximate surface area is 123 Å². The van der Waals surface area contributed by atoms with Gasteiger partial charge in [-0.25, -0.2) is 4.79 Å². The summed E-state index contributed by atoms with van der Waals surface area (Å²) in [5, 5.41) is 3.38. The molecule has 110 valence electrons. The molecule has 6 heteroatoms. The Kier molecular flexibility index (Phi) is 4.73. The van der Waals surface area contributed by atoms with Gasteiger partial charge in [-0.15, -0.1) is 0 Å². The van der Waals surface area contributed by atoms with Gasteiger partial charge in [-0.1, -0.05) is 11.6 Å². The van der Waals surface area contributed by atoms with Crippen molar-refractivity contribution in [2.24, 2.45) is 0 Å². The highest BCUT2D eigenvalue weighted by Gasteiger charge is 2.26. The van der Waals surface area contributed by atoms with Crippen molar-refractivity contribution in [2.45, 2.75) is 26.1 Å². The third-order valence-corrected chi connectivity index (χ3v) is 3.35. The van der Waals surface area contributed by atoms with Crippen molar-refractivity contribution in [2.75, 3.05) is 25.5 Å². The monoisotopic (exact) mass is 298 g/mol. The molecule has 1 aliphatic heterocycles. The number of nitrogens with zero attached hydrogens (tertiary/aromatic N) is 1. The fourth-order valence-corrected chi connectivity index (χ4v) is 2.49. The van der Waals surface area contributed by atoms with E-state index < -0.39 is 0 Å². The third-order valence-electron chi connectivity index (χ3n) is 3.11. The number of hydrogen-bond acceptors (Lipinski definition) is 3. The summed E-state index contributed by atoms with van der Waals surface area (Å²) in [6.45, 7) is 5.05. The Hall–Kier alpha value is -1.46. The average molecular weight is 299 g/mol. The first-order chi connectivity index (χ1) is 9.49. The quantitative estimate of drug-likeness (QED) is 0.913. The number of halogens is 1. The molecule has 0 spiro atoms. The zero-order valence-corrected chi connectivity index (χ0v) is 12.6. The number of ether oxygens (including phenoxy) is 2. The summed E-state index contributed by atoms with van der Waals surface area (Å²) >= 11 is 5.95. The van der Waals surface area contributed by atoms with E-state index in [1.807, 2.05) is 13.8 Å². The van der Waals surface area contributed by atoms with Crippen LogP contribution in [0.1, 0.15) is 13.8 Å². The second-order valence-corrected chi connectivity index (χ2v) is 5.37. The van der Waals surface area contributed by atoms with Crippen molar-refractivity contribution in [3.63, 3.8) is 0 Å². The smallest absolute Gasteiger partial charge is 0.322 e. The fraction of sp³-hybridized carbons (Fsp3) is 0.500. The molecule has 5 nitrogen and oxygen atoms in total. The summed E-state index contributed by atoms with van der Waals surface area (Å²) < 4.78 is 10.8. The first-order valence-electron chi connectivity index (χ1n) is 6.54. The predicted molar refractivity (Wildman–Crippen MR) is 78.6 cm³/mol. The Morgan fingerprint density at radius 2 is 2.05 bits per heavy atom. The molecule has 0 unspecified atom stereocenters. The van der Waals surface area contributed by atoms with Crippen LogP contribution in [0.3, 0.4) is 0 Å². The fourth-order valence-electron chi connectivity index (χ4n) is 2.32. The van der Waals surface area contributed by atoms with Gasteiger partial charge in [-0.2, -0.15) is 0 Å². The number of anilines is 1. The lowest BCUT2D eigenvalue weighted by Gasteiger charge is -2.35. The van der Waals surface area contributed by atoms with Crippen LogP contribution < -0.4 is 10.1 Å². The zero-order valence-electron chi connectivity index (χ0n) is 11.9. The molecule has 2 atom stereocenters. The standard InChI is InChI=1S/C14H19ClN2O3/c1-9-7-17(8-10(2)20-9)14(18)16-12-6-11(15)4-5-13(12)19-3/h4-6,9-10H,7-8H2,1-3H3,(H,16,18)/t9-,10-/m1/s1. The molecule has 1 aliphatic rings. The van der Waals surface area contributed by atoms with Crippen molar-refractivity contribution in [3.8, 4) is 5.75 Å². The summed E-state index contributed by atoms with van der Waals surface area (Å²) in [6.07, 6.45) is 0.0662. The summed E-state index contributed by atoms with van der Waals surface area (Å²) in [7, 11) is 1.55. The molecule has 0 aromatic heterocycles. The Morgan fingerprint density at radius 1 is 1.40 bits per heavy atom. The van der Waals surface area contributed by atoms with Crippen molar-refractivity contribution in [1.82, 2.24) is 4.90 Å². The number of morpholine rings is 1. The minimum atomic E-state index is -0.174. The number of amides is 2. The molecule has 0 saturated carbocycles. The van der Waals surface area contributed by atoms with Gasteiger partial charge in [0.15, 0.2) is 0 Å². The number of carbonyl (C=O) groups is 1. The molecule has 1 aromatic rings. The number of carbonyl (C=O) groups excluding carboxylic acids is 1. The lowest BCUT2D eigenvalue weighted by Crippen LogP contribution is -2.49. The van der Waals surface area contributed by atoms with Crippen molar-refractivity contribution in [1.29, 1.82) is 0 Å². The SMILES string of the molecule is COc1ccc(Cl)cc1NC(=O)N1C[C@@H](C)O[C@H](C)C1. The van der Waals surface area contributed by atoms with E-state index in [2.05, 4.69) is 5.32 Å². The summed E-state index contributed by atoms with van der Waals surface area (Å²) in [5.41, 5.74) is 0.566. The highest BCUT2D eigenvalue weighted by atomic mass is 35.5. The van der Waals surface area contributed by atoms with E-state index >= 15 is 0 Å². The van der Waals surface area contributed by atoms with E-state index in [0.29, 0.717) is 29.5 Å². The minimum absolute atomic E-state index is 0.0331. The lowest BCUT2D eigenvalue weighted by atomic mass is 10.2. The summed E-state index contributed by atoms with van der Waals surface area (Å²) in [4.78, 5) is 14.0. The Balaban J connectivity index is 2.09. The van der Waals surface area contributed by atoms with E-state index in [1.54, 1.807) is 30.2 Å². The van der Waals surface area contributed by atoms with Crippen LogP contribution in [0.2, 0.25) is 5.02 Å². The number of rotatable bonds is 2. The van der Waals surface area contributed by atoms with Gasteiger partial charge in [0, 0.05) is 18.1 Å².